The largest absolute Gasteiger partial charge is 0.334 e. The molecule has 0 saturated carbocycles. The van der Waals surface area contributed by atoms with Crippen molar-refractivity contribution >= 4 is 29.7 Å². The molecule has 1 aromatic rings. The highest BCUT2D eigenvalue weighted by Gasteiger charge is 2.44. The Balaban J connectivity index is 1.60. The number of urea groups is 1. The zero-order chi connectivity index (χ0) is 18.8. The first-order chi connectivity index (χ1) is 12.5. The number of amides is 6. The molecule has 0 atom stereocenters. The Morgan fingerprint density at radius 1 is 0.654 bits per heavy atom. The summed E-state index contributed by atoms with van der Waals surface area (Å²) in [4.78, 5) is 63.6. The number of fused-ring (bicyclic) bond motifs is 1. The van der Waals surface area contributed by atoms with Crippen molar-refractivity contribution < 1.29 is 24.0 Å². The van der Waals surface area contributed by atoms with Crippen LogP contribution in [0.2, 0.25) is 0 Å². The summed E-state index contributed by atoms with van der Waals surface area (Å²) < 4.78 is 0. The monoisotopic (exact) mass is 357 g/mol. The highest BCUT2D eigenvalue weighted by molar-refractivity contribution is 6.44. The maximum atomic E-state index is 12.3. The molecule has 0 N–H and O–H groups in total. The van der Waals surface area contributed by atoms with Gasteiger partial charge in [0, 0.05) is 19.6 Å². The molecule has 0 aromatic heterocycles. The van der Waals surface area contributed by atoms with Crippen molar-refractivity contribution in [1.82, 2.24) is 14.7 Å². The van der Waals surface area contributed by atoms with Crippen molar-refractivity contribution in [2.24, 2.45) is 0 Å². The molecule has 136 valence electrons. The fraction of sp³-hybridized carbons (Fsp3) is 0.389. The highest BCUT2D eigenvalue weighted by atomic mass is 16.2. The molecule has 0 spiro atoms. The predicted octanol–water partition coefficient (Wildman–Crippen LogP) is 1.26. The van der Waals surface area contributed by atoms with Gasteiger partial charge in [-0.05, 0) is 25.0 Å². The maximum Gasteiger partial charge on any atom is 0.334 e. The third-order valence-corrected chi connectivity index (χ3v) is 4.51. The van der Waals surface area contributed by atoms with Crippen molar-refractivity contribution in [3.63, 3.8) is 0 Å². The molecule has 2 aliphatic rings. The van der Waals surface area contributed by atoms with Gasteiger partial charge in [0.2, 0.25) is 0 Å². The summed E-state index contributed by atoms with van der Waals surface area (Å²) in [6.07, 6.45) is 1.65. The van der Waals surface area contributed by atoms with E-state index in [0.29, 0.717) is 17.5 Å². The Labute approximate surface area is 150 Å². The Morgan fingerprint density at radius 3 is 1.62 bits per heavy atom. The summed E-state index contributed by atoms with van der Waals surface area (Å²) >= 11 is 0. The molecule has 8 heteroatoms. The molecule has 1 fully saturated rings. The average molecular weight is 357 g/mol. The summed E-state index contributed by atoms with van der Waals surface area (Å²) in [5.41, 5.74) is 0.707. The summed E-state index contributed by atoms with van der Waals surface area (Å²) in [7, 11) is 0. The van der Waals surface area contributed by atoms with E-state index < -0.39 is 17.8 Å². The molecule has 26 heavy (non-hydrogen) atoms. The van der Waals surface area contributed by atoms with E-state index in [9.17, 15) is 24.0 Å². The van der Waals surface area contributed by atoms with Crippen LogP contribution < -0.4 is 0 Å². The van der Waals surface area contributed by atoms with Crippen molar-refractivity contribution in [2.45, 2.75) is 26.2 Å². The lowest BCUT2D eigenvalue weighted by molar-refractivity contribution is -0.143. The molecule has 0 aliphatic carbocycles. The molecular formula is C18H19N3O5. The Morgan fingerprint density at radius 2 is 1.12 bits per heavy atom. The lowest BCUT2D eigenvalue weighted by Gasteiger charge is -2.17. The van der Waals surface area contributed by atoms with E-state index >= 15 is 0 Å². The Bertz CT molecular complexity index is 769. The molecule has 0 radical (unpaired) electrons. The second-order valence-corrected chi connectivity index (χ2v) is 6.21. The van der Waals surface area contributed by atoms with Crippen LogP contribution in [0.4, 0.5) is 4.79 Å². The van der Waals surface area contributed by atoms with Crippen molar-refractivity contribution in [2.75, 3.05) is 19.6 Å². The molecule has 3 rings (SSSR count). The van der Waals surface area contributed by atoms with E-state index in [4.69, 9.17) is 0 Å². The average Bonchev–Trinajstić information content (AvgIpc) is 3.00. The van der Waals surface area contributed by atoms with Gasteiger partial charge in [-0.1, -0.05) is 25.5 Å². The topological polar surface area (TPSA) is 95.1 Å². The maximum absolute atomic E-state index is 12.3. The number of imide groups is 3. The van der Waals surface area contributed by atoms with Gasteiger partial charge < -0.3 is 0 Å². The standard InChI is InChI=1S/C18H19N3O5/c1-2-3-9-20-16(24)17(25)21(18(20)26)11-6-10-19-14(22)12-7-4-5-8-13(12)15(19)23/h4-5,7-8H,2-3,6,9-11H2,1H3. The van der Waals surface area contributed by atoms with Crippen LogP contribution in [0.5, 0.6) is 0 Å². The zero-order valence-corrected chi connectivity index (χ0v) is 14.4. The number of carbonyl (C=O) groups is 5. The first-order valence-electron chi connectivity index (χ1n) is 8.60. The number of carbonyl (C=O) groups excluding carboxylic acids is 5. The number of unbranched alkanes of at least 4 members (excludes halogenated alkanes) is 1. The van der Waals surface area contributed by atoms with Gasteiger partial charge in [-0.2, -0.15) is 0 Å². The van der Waals surface area contributed by atoms with Gasteiger partial charge in [0.1, 0.15) is 0 Å². The minimum Gasteiger partial charge on any atom is -0.274 e. The Hall–Kier alpha value is -3.03. The van der Waals surface area contributed by atoms with E-state index in [2.05, 4.69) is 0 Å². The van der Waals surface area contributed by atoms with Gasteiger partial charge >= 0.3 is 17.8 Å². The molecule has 1 aromatic carbocycles. The van der Waals surface area contributed by atoms with E-state index in [0.717, 1.165) is 21.1 Å². The molecule has 2 aliphatic heterocycles. The van der Waals surface area contributed by atoms with E-state index in [1.54, 1.807) is 24.3 Å². The first kappa shape index (κ1) is 17.8. The summed E-state index contributed by atoms with van der Waals surface area (Å²) in [5.74, 6) is -2.44. The van der Waals surface area contributed by atoms with Gasteiger partial charge in [0.25, 0.3) is 11.8 Å². The molecular weight excluding hydrogens is 338 g/mol. The molecule has 0 unspecified atom stereocenters. The normalized spacial score (nSPS) is 17.0. The number of nitrogens with zero attached hydrogens (tertiary/aromatic N) is 3. The van der Waals surface area contributed by atoms with Crippen LogP contribution in [0.3, 0.4) is 0 Å². The molecule has 1 saturated heterocycles. The highest BCUT2D eigenvalue weighted by Crippen LogP contribution is 2.22. The molecule has 2 heterocycles. The number of benzene rings is 1. The van der Waals surface area contributed by atoms with Crippen LogP contribution >= 0.6 is 0 Å². The third kappa shape index (κ3) is 2.87. The van der Waals surface area contributed by atoms with Crippen molar-refractivity contribution in [3.8, 4) is 0 Å². The minimum absolute atomic E-state index is 0.0144. The molecule has 8 nitrogen and oxygen atoms in total. The van der Waals surface area contributed by atoms with Crippen LogP contribution in [0, 0.1) is 0 Å². The van der Waals surface area contributed by atoms with Crippen LogP contribution in [0.15, 0.2) is 24.3 Å². The van der Waals surface area contributed by atoms with Gasteiger partial charge in [0.05, 0.1) is 11.1 Å². The van der Waals surface area contributed by atoms with Gasteiger partial charge in [-0.25, -0.2) is 4.79 Å². The summed E-state index contributed by atoms with van der Waals surface area (Å²) in [6.45, 7) is 2.20. The number of rotatable bonds is 7. The van der Waals surface area contributed by atoms with Gasteiger partial charge in [-0.3, -0.25) is 33.9 Å². The predicted molar refractivity (Wildman–Crippen MR) is 90.2 cm³/mol. The summed E-state index contributed by atoms with van der Waals surface area (Å²) in [5, 5.41) is 0. The van der Waals surface area contributed by atoms with Crippen LogP contribution in [0.25, 0.3) is 0 Å². The Kier molecular flexibility index (Phi) is 4.83. The second kappa shape index (κ2) is 7.07. The van der Waals surface area contributed by atoms with E-state index in [-0.39, 0.29) is 37.9 Å². The van der Waals surface area contributed by atoms with Crippen LogP contribution in [-0.4, -0.2) is 64.0 Å². The number of hydrogen-bond donors (Lipinski definition) is 0. The first-order valence-corrected chi connectivity index (χ1v) is 8.60. The lowest BCUT2D eigenvalue weighted by Crippen LogP contribution is -2.37. The lowest BCUT2D eigenvalue weighted by atomic mass is 10.1. The van der Waals surface area contributed by atoms with Gasteiger partial charge in [0.15, 0.2) is 0 Å². The smallest absolute Gasteiger partial charge is 0.274 e. The van der Waals surface area contributed by atoms with E-state index in [1.165, 1.54) is 0 Å². The van der Waals surface area contributed by atoms with Crippen LogP contribution in [0.1, 0.15) is 46.9 Å². The van der Waals surface area contributed by atoms with Gasteiger partial charge in [-0.15, -0.1) is 0 Å². The van der Waals surface area contributed by atoms with E-state index in [1.807, 2.05) is 6.92 Å². The van der Waals surface area contributed by atoms with Crippen LogP contribution in [-0.2, 0) is 9.59 Å². The SMILES string of the molecule is CCCCN1C(=O)C(=O)N(CCCN2C(=O)c3ccccc3C2=O)C1=O. The third-order valence-electron chi connectivity index (χ3n) is 4.51. The summed E-state index contributed by atoms with van der Waals surface area (Å²) in [6, 6.07) is 5.92. The van der Waals surface area contributed by atoms with Crippen molar-refractivity contribution in [3.05, 3.63) is 35.4 Å². The molecule has 0 bridgehead atoms. The fourth-order valence-corrected chi connectivity index (χ4v) is 3.09. The zero-order valence-electron chi connectivity index (χ0n) is 14.4. The number of hydrogen-bond acceptors (Lipinski definition) is 5. The fourth-order valence-electron chi connectivity index (χ4n) is 3.09. The second-order valence-electron chi connectivity index (χ2n) is 6.21. The van der Waals surface area contributed by atoms with Crippen molar-refractivity contribution in [1.29, 1.82) is 0 Å². The quantitative estimate of drug-likeness (QED) is 0.416. The minimum atomic E-state index is -0.853. The molecule has 6 amide bonds.